The molecule has 8 heteroatoms. The van der Waals surface area contributed by atoms with Gasteiger partial charge >= 0.3 is 0 Å². The predicted molar refractivity (Wildman–Crippen MR) is 121 cm³/mol. The molecule has 4 rings (SSSR count). The Morgan fingerprint density at radius 1 is 1.12 bits per heavy atom. The molecular weight excluding hydrogens is 406 g/mol. The number of carbonyl (C=O) groups is 3. The first-order valence-electron chi connectivity index (χ1n) is 11.4. The first kappa shape index (κ1) is 22.0. The fraction of sp³-hybridized carbons (Fsp3) is 0.500. The van der Waals surface area contributed by atoms with Gasteiger partial charge in [0.2, 0.25) is 5.91 Å². The number of hydrogen-bond donors (Lipinski definition) is 0. The SMILES string of the molecule is CCN(CC)C(=O)C1CCN(c2cccc3c2C(=O)N(Cc2cnn(C)c2C)C3=O)CC1. The van der Waals surface area contributed by atoms with E-state index < -0.39 is 0 Å². The fourth-order valence-electron chi connectivity index (χ4n) is 4.75. The second-order valence-corrected chi connectivity index (χ2v) is 8.55. The first-order chi connectivity index (χ1) is 15.4. The van der Waals surface area contributed by atoms with Crippen molar-refractivity contribution in [2.24, 2.45) is 13.0 Å². The zero-order valence-electron chi connectivity index (χ0n) is 19.3. The van der Waals surface area contributed by atoms with Gasteiger partial charge in [-0.3, -0.25) is 24.0 Å². The molecule has 0 bridgehead atoms. The van der Waals surface area contributed by atoms with Gasteiger partial charge in [-0.05, 0) is 45.7 Å². The van der Waals surface area contributed by atoms with Crippen LogP contribution in [-0.2, 0) is 18.4 Å². The Balaban J connectivity index is 1.53. The minimum Gasteiger partial charge on any atom is -0.371 e. The lowest BCUT2D eigenvalue weighted by atomic mass is 9.94. The smallest absolute Gasteiger partial charge is 0.263 e. The summed E-state index contributed by atoms with van der Waals surface area (Å²) >= 11 is 0. The summed E-state index contributed by atoms with van der Waals surface area (Å²) in [5.74, 6) is -0.283. The van der Waals surface area contributed by atoms with Crippen LogP contribution in [0.1, 0.15) is 58.7 Å². The molecule has 0 N–H and O–H groups in total. The van der Waals surface area contributed by atoms with E-state index in [1.807, 2.05) is 44.9 Å². The van der Waals surface area contributed by atoms with Crippen molar-refractivity contribution in [3.8, 4) is 0 Å². The number of benzene rings is 1. The number of amides is 3. The molecule has 2 aromatic rings. The second-order valence-electron chi connectivity index (χ2n) is 8.55. The molecule has 2 aliphatic rings. The molecule has 0 aliphatic carbocycles. The van der Waals surface area contributed by atoms with Gasteiger partial charge in [0, 0.05) is 50.4 Å². The van der Waals surface area contributed by atoms with E-state index in [1.165, 1.54) is 4.90 Å². The largest absolute Gasteiger partial charge is 0.371 e. The third kappa shape index (κ3) is 3.67. The van der Waals surface area contributed by atoms with Crippen molar-refractivity contribution in [1.29, 1.82) is 0 Å². The zero-order chi connectivity index (χ0) is 23.0. The average molecular weight is 438 g/mol. The Labute approximate surface area is 188 Å². The molecule has 3 heterocycles. The predicted octanol–water partition coefficient (Wildman–Crippen LogP) is 2.61. The normalized spacial score (nSPS) is 16.6. The van der Waals surface area contributed by atoms with Crippen LogP contribution in [0.5, 0.6) is 0 Å². The van der Waals surface area contributed by atoms with E-state index in [1.54, 1.807) is 16.9 Å². The van der Waals surface area contributed by atoms with Gasteiger partial charge in [0.25, 0.3) is 11.8 Å². The molecule has 32 heavy (non-hydrogen) atoms. The van der Waals surface area contributed by atoms with Crippen LogP contribution in [0.3, 0.4) is 0 Å². The van der Waals surface area contributed by atoms with Gasteiger partial charge in [-0.1, -0.05) is 6.07 Å². The van der Waals surface area contributed by atoms with Gasteiger partial charge in [-0.15, -0.1) is 0 Å². The summed E-state index contributed by atoms with van der Waals surface area (Å²) < 4.78 is 1.74. The van der Waals surface area contributed by atoms with Crippen LogP contribution in [-0.4, -0.2) is 63.5 Å². The summed E-state index contributed by atoms with van der Waals surface area (Å²) in [6.07, 6.45) is 3.21. The van der Waals surface area contributed by atoms with Crippen molar-refractivity contribution in [1.82, 2.24) is 19.6 Å². The topological polar surface area (TPSA) is 78.8 Å². The van der Waals surface area contributed by atoms with E-state index in [0.717, 1.165) is 42.9 Å². The van der Waals surface area contributed by atoms with E-state index in [0.29, 0.717) is 24.2 Å². The van der Waals surface area contributed by atoms with Crippen LogP contribution in [0, 0.1) is 12.8 Å². The molecule has 1 fully saturated rings. The number of rotatable bonds is 6. The number of hydrogen-bond acceptors (Lipinski definition) is 5. The van der Waals surface area contributed by atoms with Crippen molar-refractivity contribution in [3.63, 3.8) is 0 Å². The number of aromatic nitrogens is 2. The van der Waals surface area contributed by atoms with Crippen LogP contribution in [0.25, 0.3) is 0 Å². The van der Waals surface area contributed by atoms with Crippen molar-refractivity contribution in [2.75, 3.05) is 31.1 Å². The molecule has 0 radical (unpaired) electrons. The van der Waals surface area contributed by atoms with E-state index in [4.69, 9.17) is 0 Å². The number of piperidine rings is 1. The van der Waals surface area contributed by atoms with Gasteiger partial charge in [-0.2, -0.15) is 5.10 Å². The number of fused-ring (bicyclic) bond motifs is 1. The highest BCUT2D eigenvalue weighted by Gasteiger charge is 2.39. The summed E-state index contributed by atoms with van der Waals surface area (Å²) in [6, 6.07) is 5.48. The molecule has 1 aromatic carbocycles. The summed E-state index contributed by atoms with van der Waals surface area (Å²) in [4.78, 5) is 44.5. The quantitative estimate of drug-likeness (QED) is 0.649. The number of anilines is 1. The van der Waals surface area contributed by atoms with Gasteiger partial charge < -0.3 is 9.80 Å². The monoisotopic (exact) mass is 437 g/mol. The van der Waals surface area contributed by atoms with Crippen LogP contribution >= 0.6 is 0 Å². The Hall–Kier alpha value is -3.16. The molecule has 1 saturated heterocycles. The molecule has 1 aromatic heterocycles. The lowest BCUT2D eigenvalue weighted by Crippen LogP contribution is -2.43. The summed E-state index contributed by atoms with van der Waals surface area (Å²) in [5, 5.41) is 4.22. The standard InChI is InChI=1S/C24H31N5O3/c1-5-27(6-2)22(30)17-10-12-28(13-11-17)20-9-7-8-19-21(20)24(32)29(23(19)31)15-18-14-25-26(4)16(18)3/h7-9,14,17H,5-6,10-13,15H2,1-4H3. The van der Waals surface area contributed by atoms with Gasteiger partial charge in [0.15, 0.2) is 0 Å². The number of imide groups is 1. The van der Waals surface area contributed by atoms with E-state index in [2.05, 4.69) is 10.00 Å². The van der Waals surface area contributed by atoms with Crippen molar-refractivity contribution in [3.05, 3.63) is 46.8 Å². The maximum atomic E-state index is 13.3. The van der Waals surface area contributed by atoms with Crippen molar-refractivity contribution >= 4 is 23.4 Å². The Bertz CT molecular complexity index is 1050. The van der Waals surface area contributed by atoms with Crippen LogP contribution < -0.4 is 4.90 Å². The molecule has 2 aliphatic heterocycles. The number of aryl methyl sites for hydroxylation is 1. The third-order valence-electron chi connectivity index (χ3n) is 6.90. The van der Waals surface area contributed by atoms with E-state index in [9.17, 15) is 14.4 Å². The maximum absolute atomic E-state index is 13.3. The Morgan fingerprint density at radius 3 is 2.41 bits per heavy atom. The minimum atomic E-state index is -0.262. The molecule has 170 valence electrons. The summed E-state index contributed by atoms with van der Waals surface area (Å²) in [5.41, 5.74) is 3.52. The average Bonchev–Trinajstić information content (AvgIpc) is 3.26. The fourth-order valence-corrected chi connectivity index (χ4v) is 4.75. The molecular formula is C24H31N5O3. The molecule has 0 spiro atoms. The van der Waals surface area contributed by atoms with Gasteiger partial charge in [0.1, 0.15) is 0 Å². The molecule has 0 saturated carbocycles. The lowest BCUT2D eigenvalue weighted by Gasteiger charge is -2.35. The molecule has 8 nitrogen and oxygen atoms in total. The van der Waals surface area contributed by atoms with Crippen LogP contribution in [0.4, 0.5) is 5.69 Å². The molecule has 0 atom stereocenters. The highest BCUT2D eigenvalue weighted by Crippen LogP contribution is 2.35. The summed E-state index contributed by atoms with van der Waals surface area (Å²) in [6.45, 7) is 8.99. The Morgan fingerprint density at radius 2 is 1.81 bits per heavy atom. The number of nitrogens with zero attached hydrogens (tertiary/aromatic N) is 5. The molecule has 0 unspecified atom stereocenters. The Kier molecular flexibility index (Phi) is 6.04. The first-order valence-corrected chi connectivity index (χ1v) is 11.4. The maximum Gasteiger partial charge on any atom is 0.263 e. The van der Waals surface area contributed by atoms with E-state index in [-0.39, 0.29) is 30.2 Å². The van der Waals surface area contributed by atoms with E-state index >= 15 is 0 Å². The highest BCUT2D eigenvalue weighted by atomic mass is 16.2. The van der Waals surface area contributed by atoms with Gasteiger partial charge in [0.05, 0.1) is 29.6 Å². The highest BCUT2D eigenvalue weighted by molar-refractivity contribution is 6.23. The third-order valence-corrected chi connectivity index (χ3v) is 6.90. The van der Waals surface area contributed by atoms with Crippen molar-refractivity contribution < 1.29 is 14.4 Å². The van der Waals surface area contributed by atoms with Crippen LogP contribution in [0.15, 0.2) is 24.4 Å². The second kappa shape index (κ2) is 8.76. The molecule has 3 amide bonds. The number of carbonyl (C=O) groups excluding carboxylic acids is 3. The minimum absolute atomic E-state index is 0.0188. The zero-order valence-corrected chi connectivity index (χ0v) is 19.3. The van der Waals surface area contributed by atoms with Crippen molar-refractivity contribution in [2.45, 2.75) is 40.2 Å². The van der Waals surface area contributed by atoms with Crippen LogP contribution in [0.2, 0.25) is 0 Å². The van der Waals surface area contributed by atoms with Gasteiger partial charge in [-0.25, -0.2) is 0 Å². The summed E-state index contributed by atoms with van der Waals surface area (Å²) in [7, 11) is 1.84. The lowest BCUT2D eigenvalue weighted by molar-refractivity contribution is -0.135.